The number of hydrogen-bond donors (Lipinski definition) is 1. The van der Waals surface area contributed by atoms with Gasteiger partial charge in [0.15, 0.2) is 5.96 Å². The number of aliphatic imine (C=N–C) groups is 1. The number of likely N-dealkylation sites (tertiary alicyclic amines) is 1. The first-order chi connectivity index (χ1) is 11.7. The molecule has 0 bridgehead atoms. The standard InChI is InChI=1S/C19H32N4O/c1-20-19(21-12-15-23-13-6-4-5-7-14-23)22(2)16-17-8-10-18(24-3)11-9-17/h8-11H,4-7,12-16H2,1-3H3,(H,20,21). The van der Waals surface area contributed by atoms with Crippen LogP contribution in [0.3, 0.4) is 0 Å². The fourth-order valence-electron chi connectivity index (χ4n) is 3.15. The van der Waals surface area contributed by atoms with Crippen molar-refractivity contribution in [2.24, 2.45) is 4.99 Å². The van der Waals surface area contributed by atoms with Gasteiger partial charge >= 0.3 is 0 Å². The molecule has 1 N–H and O–H groups in total. The Bertz CT molecular complexity index is 493. The van der Waals surface area contributed by atoms with Gasteiger partial charge in [-0.1, -0.05) is 25.0 Å². The highest BCUT2D eigenvalue weighted by Gasteiger charge is 2.10. The van der Waals surface area contributed by atoms with Crippen molar-refractivity contribution in [3.8, 4) is 5.75 Å². The van der Waals surface area contributed by atoms with Crippen LogP contribution < -0.4 is 10.1 Å². The minimum absolute atomic E-state index is 0.827. The molecule has 1 saturated heterocycles. The third kappa shape index (κ3) is 6.04. The van der Waals surface area contributed by atoms with E-state index in [1.807, 2.05) is 19.2 Å². The molecule has 0 aromatic heterocycles. The SMILES string of the molecule is CN=C(NCCN1CCCCCC1)N(C)Cc1ccc(OC)cc1. The van der Waals surface area contributed by atoms with Gasteiger partial charge in [0, 0.05) is 33.7 Å². The Hall–Kier alpha value is -1.75. The van der Waals surface area contributed by atoms with E-state index in [9.17, 15) is 0 Å². The lowest BCUT2D eigenvalue weighted by molar-refractivity contribution is 0.288. The predicted molar refractivity (Wildman–Crippen MR) is 101 cm³/mol. The van der Waals surface area contributed by atoms with Crippen LogP contribution in [-0.4, -0.2) is 63.1 Å². The van der Waals surface area contributed by atoms with Crippen molar-refractivity contribution in [3.05, 3.63) is 29.8 Å². The molecule has 24 heavy (non-hydrogen) atoms. The van der Waals surface area contributed by atoms with Crippen molar-refractivity contribution in [1.29, 1.82) is 0 Å². The largest absolute Gasteiger partial charge is 0.497 e. The van der Waals surface area contributed by atoms with Gasteiger partial charge in [-0.3, -0.25) is 4.99 Å². The van der Waals surface area contributed by atoms with Gasteiger partial charge in [0.1, 0.15) is 5.75 Å². The van der Waals surface area contributed by atoms with Crippen LogP contribution >= 0.6 is 0 Å². The molecule has 1 aromatic carbocycles. The number of hydrogen-bond acceptors (Lipinski definition) is 3. The molecule has 0 radical (unpaired) electrons. The van der Waals surface area contributed by atoms with Crippen LogP contribution in [0, 0.1) is 0 Å². The van der Waals surface area contributed by atoms with Gasteiger partial charge in [-0.2, -0.15) is 0 Å². The van der Waals surface area contributed by atoms with E-state index >= 15 is 0 Å². The predicted octanol–water partition coefficient (Wildman–Crippen LogP) is 2.58. The molecule has 0 aliphatic carbocycles. The second-order valence-corrected chi connectivity index (χ2v) is 6.43. The molecule has 0 atom stereocenters. The van der Waals surface area contributed by atoms with Crippen LogP contribution in [-0.2, 0) is 6.54 Å². The van der Waals surface area contributed by atoms with E-state index in [2.05, 4.69) is 39.3 Å². The summed E-state index contributed by atoms with van der Waals surface area (Å²) in [5, 5.41) is 3.49. The Labute approximate surface area is 146 Å². The fraction of sp³-hybridized carbons (Fsp3) is 0.632. The van der Waals surface area contributed by atoms with E-state index in [4.69, 9.17) is 4.74 Å². The lowest BCUT2D eigenvalue weighted by atomic mass is 10.2. The van der Waals surface area contributed by atoms with Crippen LogP contribution in [0.25, 0.3) is 0 Å². The van der Waals surface area contributed by atoms with Crippen molar-refractivity contribution < 1.29 is 4.74 Å². The highest BCUT2D eigenvalue weighted by Crippen LogP contribution is 2.12. The second kappa shape index (κ2) is 10.2. The number of methoxy groups -OCH3 is 1. The molecule has 1 aromatic rings. The molecule has 5 heteroatoms. The highest BCUT2D eigenvalue weighted by molar-refractivity contribution is 5.79. The zero-order chi connectivity index (χ0) is 17.2. The van der Waals surface area contributed by atoms with Crippen LogP contribution in [0.4, 0.5) is 0 Å². The molecular formula is C19H32N4O. The van der Waals surface area contributed by atoms with Crippen molar-refractivity contribution in [3.63, 3.8) is 0 Å². The number of benzene rings is 1. The maximum atomic E-state index is 5.21. The average molecular weight is 332 g/mol. The van der Waals surface area contributed by atoms with E-state index in [-0.39, 0.29) is 0 Å². The maximum Gasteiger partial charge on any atom is 0.193 e. The summed E-state index contributed by atoms with van der Waals surface area (Å²) >= 11 is 0. The Balaban J connectivity index is 1.77. The van der Waals surface area contributed by atoms with Gasteiger partial charge in [-0.25, -0.2) is 0 Å². The van der Waals surface area contributed by atoms with E-state index in [0.29, 0.717) is 0 Å². The number of ether oxygens (including phenoxy) is 1. The Morgan fingerprint density at radius 2 is 1.83 bits per heavy atom. The summed E-state index contributed by atoms with van der Waals surface area (Å²) in [5.41, 5.74) is 1.24. The zero-order valence-corrected chi connectivity index (χ0v) is 15.4. The minimum Gasteiger partial charge on any atom is -0.497 e. The van der Waals surface area contributed by atoms with Gasteiger partial charge in [0.25, 0.3) is 0 Å². The van der Waals surface area contributed by atoms with E-state index in [1.54, 1.807) is 7.11 Å². The summed E-state index contributed by atoms with van der Waals surface area (Å²) in [6.07, 6.45) is 5.45. The number of nitrogens with zero attached hydrogens (tertiary/aromatic N) is 3. The third-order valence-electron chi connectivity index (χ3n) is 4.56. The molecule has 1 aliphatic heterocycles. The summed E-state index contributed by atoms with van der Waals surface area (Å²) in [6, 6.07) is 8.19. The average Bonchev–Trinajstić information content (AvgIpc) is 2.88. The van der Waals surface area contributed by atoms with E-state index in [0.717, 1.165) is 31.3 Å². The first-order valence-electron chi connectivity index (χ1n) is 9.00. The number of nitrogens with one attached hydrogen (secondary N) is 1. The second-order valence-electron chi connectivity index (χ2n) is 6.43. The molecule has 0 unspecified atom stereocenters. The van der Waals surface area contributed by atoms with Crippen LogP contribution in [0.1, 0.15) is 31.2 Å². The van der Waals surface area contributed by atoms with Gasteiger partial charge in [0.05, 0.1) is 7.11 Å². The molecule has 0 spiro atoms. The summed E-state index contributed by atoms with van der Waals surface area (Å²) < 4.78 is 5.21. The number of guanidine groups is 1. The van der Waals surface area contributed by atoms with Gasteiger partial charge < -0.3 is 19.9 Å². The first kappa shape index (κ1) is 18.6. The van der Waals surface area contributed by atoms with Crippen LogP contribution in [0.5, 0.6) is 5.75 Å². The van der Waals surface area contributed by atoms with Gasteiger partial charge in [0.2, 0.25) is 0 Å². The first-order valence-corrected chi connectivity index (χ1v) is 9.00. The third-order valence-corrected chi connectivity index (χ3v) is 4.56. The molecule has 1 heterocycles. The van der Waals surface area contributed by atoms with Gasteiger partial charge in [-0.15, -0.1) is 0 Å². The fourth-order valence-corrected chi connectivity index (χ4v) is 3.15. The lowest BCUT2D eigenvalue weighted by Gasteiger charge is -2.24. The van der Waals surface area contributed by atoms with Crippen molar-refractivity contribution in [2.75, 3.05) is 47.4 Å². The van der Waals surface area contributed by atoms with Crippen LogP contribution in [0.2, 0.25) is 0 Å². The van der Waals surface area contributed by atoms with Gasteiger partial charge in [-0.05, 0) is 43.6 Å². The van der Waals surface area contributed by atoms with Crippen molar-refractivity contribution >= 4 is 5.96 Å². The Kier molecular flexibility index (Phi) is 7.89. The topological polar surface area (TPSA) is 40.1 Å². The minimum atomic E-state index is 0.827. The molecule has 5 nitrogen and oxygen atoms in total. The summed E-state index contributed by atoms with van der Waals surface area (Å²) in [5.74, 6) is 1.84. The molecule has 1 aliphatic rings. The summed E-state index contributed by atoms with van der Waals surface area (Å²) in [7, 11) is 5.61. The maximum absolute atomic E-state index is 5.21. The van der Waals surface area contributed by atoms with Crippen LogP contribution in [0.15, 0.2) is 29.3 Å². The molecule has 0 amide bonds. The number of rotatable bonds is 6. The Morgan fingerprint density at radius 3 is 2.42 bits per heavy atom. The Morgan fingerprint density at radius 1 is 1.17 bits per heavy atom. The zero-order valence-electron chi connectivity index (χ0n) is 15.4. The quantitative estimate of drug-likeness (QED) is 0.642. The monoisotopic (exact) mass is 332 g/mol. The smallest absolute Gasteiger partial charge is 0.193 e. The summed E-state index contributed by atoms with van der Waals surface area (Å²) in [6.45, 7) is 5.34. The molecule has 1 fully saturated rings. The van der Waals surface area contributed by atoms with E-state index < -0.39 is 0 Å². The molecular weight excluding hydrogens is 300 g/mol. The summed E-state index contributed by atoms with van der Waals surface area (Å²) in [4.78, 5) is 9.13. The van der Waals surface area contributed by atoms with Crippen molar-refractivity contribution in [1.82, 2.24) is 15.1 Å². The normalized spacial score (nSPS) is 16.5. The highest BCUT2D eigenvalue weighted by atomic mass is 16.5. The molecule has 0 saturated carbocycles. The van der Waals surface area contributed by atoms with E-state index in [1.165, 1.54) is 44.3 Å². The molecule has 134 valence electrons. The van der Waals surface area contributed by atoms with Crippen molar-refractivity contribution in [2.45, 2.75) is 32.2 Å². The lowest BCUT2D eigenvalue weighted by Crippen LogP contribution is -2.42. The molecule has 2 rings (SSSR count).